The van der Waals surface area contributed by atoms with Gasteiger partial charge >= 0.3 is 0 Å². The Labute approximate surface area is 282 Å². The van der Waals surface area contributed by atoms with E-state index in [1.54, 1.807) is 0 Å². The fourth-order valence-corrected chi connectivity index (χ4v) is 6.69. The van der Waals surface area contributed by atoms with Gasteiger partial charge in [0.25, 0.3) is 0 Å². The summed E-state index contributed by atoms with van der Waals surface area (Å²) in [5.74, 6) is 0. The van der Waals surface area contributed by atoms with Crippen molar-refractivity contribution in [1.29, 1.82) is 0 Å². The van der Waals surface area contributed by atoms with Crippen LogP contribution in [0.2, 0.25) is 0 Å². The number of para-hydroxylation sites is 4. The van der Waals surface area contributed by atoms with Crippen molar-refractivity contribution in [1.82, 2.24) is 9.97 Å². The minimum atomic E-state index is 1.01. The van der Waals surface area contributed by atoms with Crippen LogP contribution in [0.3, 0.4) is 0 Å². The number of aromatic nitrogens is 2. The summed E-state index contributed by atoms with van der Waals surface area (Å²) in [6, 6.07) is 51.1. The van der Waals surface area contributed by atoms with E-state index in [9.17, 15) is 0 Å². The molecule has 0 bridgehead atoms. The normalized spacial score (nSPS) is 11.1. The number of pyridine rings is 2. The number of fused-ring (bicyclic) bond motifs is 4. The van der Waals surface area contributed by atoms with Gasteiger partial charge in [0.2, 0.25) is 0 Å². The van der Waals surface area contributed by atoms with Gasteiger partial charge in [-0.3, -0.25) is 0 Å². The molecule has 0 saturated heterocycles. The van der Waals surface area contributed by atoms with Gasteiger partial charge in [0.1, 0.15) is 0 Å². The smallest absolute Gasteiger partial charge is 0.0715 e. The molecule has 6 aromatic carbocycles. The van der Waals surface area contributed by atoms with E-state index in [1.807, 2.05) is 12.1 Å². The van der Waals surface area contributed by atoms with Crippen LogP contribution in [0.4, 0.5) is 11.4 Å². The van der Waals surface area contributed by atoms with Gasteiger partial charge in [0.05, 0.1) is 22.1 Å². The molecular weight excluding hydrogens is 585 g/mol. The molecule has 0 amide bonds. The second-order valence-electron chi connectivity index (χ2n) is 12.2. The quantitative estimate of drug-likeness (QED) is 0.172. The van der Waals surface area contributed by atoms with Crippen LogP contribution in [0.5, 0.6) is 0 Å². The average molecular weight is 625 g/mol. The van der Waals surface area contributed by atoms with Crippen molar-refractivity contribution < 1.29 is 0 Å². The first-order valence-corrected chi connectivity index (χ1v) is 16.7. The Balaban J connectivity index is 0.000000152. The number of nitrogens with zero attached hydrogens (tertiary/aromatic N) is 4. The molecule has 0 saturated carbocycles. The maximum atomic E-state index is 4.84. The van der Waals surface area contributed by atoms with Crippen LogP contribution in [-0.2, 0) is 0 Å². The van der Waals surface area contributed by atoms with Crippen LogP contribution >= 0.6 is 0 Å². The molecule has 48 heavy (non-hydrogen) atoms. The second kappa shape index (κ2) is 13.5. The number of hydrogen-bond acceptors (Lipinski definition) is 4. The minimum Gasteiger partial charge on any atom is -0.378 e. The molecule has 0 fully saturated rings. The molecule has 0 N–H and O–H groups in total. The van der Waals surface area contributed by atoms with E-state index in [0.717, 1.165) is 35.2 Å². The van der Waals surface area contributed by atoms with Crippen LogP contribution < -0.4 is 9.80 Å². The summed E-state index contributed by atoms with van der Waals surface area (Å²) in [7, 11) is 4.14. The predicted molar refractivity (Wildman–Crippen MR) is 207 cm³/mol. The molecule has 0 aliphatic rings. The Bertz CT molecular complexity index is 2260. The third-order valence-corrected chi connectivity index (χ3v) is 9.09. The lowest BCUT2D eigenvalue weighted by atomic mass is 9.95. The summed E-state index contributed by atoms with van der Waals surface area (Å²) in [6.45, 7) is 6.43. The SMILES string of the molecule is CCN(CC)c1cccc(-c2c3ccccc3nc3ccccc23)c1.CN(C)c1cccc(-c2c3ccccc3nc3ccccc23)c1. The first kappa shape index (κ1) is 30.9. The molecule has 4 nitrogen and oxygen atoms in total. The van der Waals surface area contributed by atoms with E-state index >= 15 is 0 Å². The molecule has 236 valence electrons. The van der Waals surface area contributed by atoms with E-state index in [2.05, 4.69) is 171 Å². The van der Waals surface area contributed by atoms with Gasteiger partial charge < -0.3 is 9.80 Å². The van der Waals surface area contributed by atoms with Crippen LogP contribution in [0, 0.1) is 0 Å². The van der Waals surface area contributed by atoms with Gasteiger partial charge in [-0.2, -0.15) is 0 Å². The fourth-order valence-electron chi connectivity index (χ4n) is 6.69. The summed E-state index contributed by atoms with van der Waals surface area (Å²) in [5, 5.41) is 4.81. The molecule has 0 aliphatic heterocycles. The molecule has 2 heterocycles. The molecule has 0 unspecified atom stereocenters. The first-order chi connectivity index (χ1) is 23.6. The highest BCUT2D eigenvalue weighted by molar-refractivity contribution is 6.10. The predicted octanol–water partition coefficient (Wildman–Crippen LogP) is 11.0. The van der Waals surface area contributed by atoms with Gasteiger partial charge in [-0.25, -0.2) is 9.97 Å². The Morgan fingerprint density at radius 3 is 1.15 bits per heavy atom. The molecule has 2 aromatic heterocycles. The summed E-state index contributed by atoms with van der Waals surface area (Å²) in [6.07, 6.45) is 0. The van der Waals surface area contributed by atoms with E-state index in [0.29, 0.717) is 0 Å². The highest BCUT2D eigenvalue weighted by Gasteiger charge is 2.13. The van der Waals surface area contributed by atoms with Crippen LogP contribution in [-0.4, -0.2) is 37.2 Å². The molecule has 8 aromatic rings. The summed E-state index contributed by atoms with van der Waals surface area (Å²) in [4.78, 5) is 14.2. The number of rotatable bonds is 6. The van der Waals surface area contributed by atoms with Crippen LogP contribution in [0.15, 0.2) is 146 Å². The number of hydrogen-bond donors (Lipinski definition) is 0. The molecule has 0 atom stereocenters. The lowest BCUT2D eigenvalue weighted by Crippen LogP contribution is -2.21. The standard InChI is InChI=1S/C23H22N2.C21H18N2/c1-3-25(4-2)18-11-9-10-17(16-18)23-19-12-5-7-14-21(19)24-22-15-8-6-13-20(22)23;1-23(2)16-9-7-8-15(14-16)21-17-10-3-5-12-19(17)22-20-13-6-4-11-18(20)21/h5-16H,3-4H2,1-2H3;3-14H,1-2H3. The van der Waals surface area contributed by atoms with Crippen molar-refractivity contribution >= 4 is 55.0 Å². The zero-order chi connectivity index (χ0) is 33.0. The summed E-state index contributed by atoms with van der Waals surface area (Å²) in [5.41, 5.74) is 11.7. The Morgan fingerprint density at radius 1 is 0.417 bits per heavy atom. The number of anilines is 2. The van der Waals surface area contributed by atoms with Crippen molar-refractivity contribution in [2.75, 3.05) is 37.0 Å². The summed E-state index contributed by atoms with van der Waals surface area (Å²) >= 11 is 0. The Morgan fingerprint density at radius 2 is 0.771 bits per heavy atom. The zero-order valence-electron chi connectivity index (χ0n) is 28.1. The molecule has 0 spiro atoms. The minimum absolute atomic E-state index is 1.01. The van der Waals surface area contributed by atoms with E-state index in [4.69, 9.17) is 9.97 Å². The largest absolute Gasteiger partial charge is 0.378 e. The van der Waals surface area contributed by atoms with Gasteiger partial charge in [-0.05, 0) is 73.5 Å². The monoisotopic (exact) mass is 624 g/mol. The maximum absolute atomic E-state index is 4.84. The van der Waals surface area contributed by atoms with Crippen LogP contribution in [0.25, 0.3) is 65.9 Å². The highest BCUT2D eigenvalue weighted by Crippen LogP contribution is 2.37. The third kappa shape index (κ3) is 5.93. The van der Waals surface area contributed by atoms with Crippen LogP contribution in [0.1, 0.15) is 13.8 Å². The van der Waals surface area contributed by atoms with Gasteiger partial charge in [-0.1, -0.05) is 97.1 Å². The molecular formula is C44H40N4. The molecule has 8 rings (SSSR count). The lowest BCUT2D eigenvalue weighted by molar-refractivity contribution is 0.866. The summed E-state index contributed by atoms with van der Waals surface area (Å²) < 4.78 is 0. The van der Waals surface area contributed by atoms with Crippen molar-refractivity contribution in [3.63, 3.8) is 0 Å². The number of benzene rings is 6. The first-order valence-electron chi connectivity index (χ1n) is 16.7. The van der Waals surface area contributed by atoms with Crippen molar-refractivity contribution in [2.45, 2.75) is 13.8 Å². The zero-order valence-corrected chi connectivity index (χ0v) is 28.1. The topological polar surface area (TPSA) is 32.3 Å². The van der Waals surface area contributed by atoms with Gasteiger partial charge in [0.15, 0.2) is 0 Å². The Kier molecular flexibility index (Phi) is 8.72. The lowest BCUT2D eigenvalue weighted by Gasteiger charge is -2.22. The van der Waals surface area contributed by atoms with E-state index in [1.165, 1.54) is 55.2 Å². The van der Waals surface area contributed by atoms with Crippen molar-refractivity contribution in [2.24, 2.45) is 0 Å². The maximum Gasteiger partial charge on any atom is 0.0715 e. The third-order valence-electron chi connectivity index (χ3n) is 9.09. The fraction of sp³-hybridized carbons (Fsp3) is 0.136. The van der Waals surface area contributed by atoms with Crippen molar-refractivity contribution in [3.05, 3.63) is 146 Å². The highest BCUT2D eigenvalue weighted by atomic mass is 15.1. The van der Waals surface area contributed by atoms with E-state index in [-0.39, 0.29) is 0 Å². The molecule has 0 radical (unpaired) electrons. The van der Waals surface area contributed by atoms with E-state index < -0.39 is 0 Å². The molecule has 0 aliphatic carbocycles. The van der Waals surface area contributed by atoms with Gasteiger partial charge in [-0.15, -0.1) is 0 Å². The van der Waals surface area contributed by atoms with Gasteiger partial charge in [0, 0.05) is 71.2 Å². The second-order valence-corrected chi connectivity index (χ2v) is 12.2. The van der Waals surface area contributed by atoms with Crippen molar-refractivity contribution in [3.8, 4) is 22.3 Å². The average Bonchev–Trinajstić information content (AvgIpc) is 3.13. The Hall–Kier alpha value is -5.74. The molecule has 4 heteroatoms.